The SMILES string of the molecule is CN(C)COC(=S)SSSC(=S)OCN(C)C. The maximum atomic E-state index is 5.28. The van der Waals surface area contributed by atoms with Gasteiger partial charge in [0.25, 0.3) is 0 Å². The average Bonchev–Trinajstić information content (AvgIpc) is 2.23. The van der Waals surface area contributed by atoms with Gasteiger partial charge in [-0.05, 0) is 62.5 Å². The minimum atomic E-state index is 0.485. The summed E-state index contributed by atoms with van der Waals surface area (Å²) in [6, 6.07) is 0. The van der Waals surface area contributed by atoms with E-state index in [2.05, 4.69) is 0 Å². The zero-order valence-corrected chi connectivity index (χ0v) is 14.2. The van der Waals surface area contributed by atoms with Crippen molar-refractivity contribution in [2.45, 2.75) is 0 Å². The van der Waals surface area contributed by atoms with Crippen LogP contribution in [-0.4, -0.2) is 60.2 Å². The lowest BCUT2D eigenvalue weighted by Gasteiger charge is -2.12. The summed E-state index contributed by atoms with van der Waals surface area (Å²) in [5.74, 6) is 0. The standard InChI is InChI=1S/C8H16N2O2S5/c1-9(2)5-11-7(13)15-17-16-8(14)12-6-10(3)4/h5-6H2,1-4H3. The normalized spacial score (nSPS) is 10.7. The van der Waals surface area contributed by atoms with Gasteiger partial charge in [0.2, 0.25) is 8.77 Å². The Balaban J connectivity index is 3.49. The van der Waals surface area contributed by atoms with E-state index in [1.54, 1.807) is 0 Å². The molecule has 0 rings (SSSR count). The van der Waals surface area contributed by atoms with Crippen LogP contribution in [0, 0.1) is 0 Å². The van der Waals surface area contributed by atoms with Crippen LogP contribution < -0.4 is 0 Å². The third-order valence-electron chi connectivity index (χ3n) is 1.09. The highest BCUT2D eigenvalue weighted by Crippen LogP contribution is 2.37. The molecule has 0 bridgehead atoms. The van der Waals surface area contributed by atoms with E-state index in [1.807, 2.05) is 38.0 Å². The van der Waals surface area contributed by atoms with E-state index in [0.717, 1.165) is 0 Å². The molecule has 0 aromatic carbocycles. The lowest BCUT2D eigenvalue weighted by Crippen LogP contribution is -2.17. The van der Waals surface area contributed by atoms with Gasteiger partial charge in [0.1, 0.15) is 13.5 Å². The van der Waals surface area contributed by atoms with Gasteiger partial charge in [-0.15, -0.1) is 0 Å². The smallest absolute Gasteiger partial charge is 0.232 e. The largest absolute Gasteiger partial charge is 0.462 e. The molecule has 0 saturated heterocycles. The molecule has 17 heavy (non-hydrogen) atoms. The number of rotatable bonds is 6. The van der Waals surface area contributed by atoms with Gasteiger partial charge in [-0.3, -0.25) is 9.80 Å². The fourth-order valence-electron chi connectivity index (χ4n) is 0.484. The summed E-state index contributed by atoms with van der Waals surface area (Å²) in [6.07, 6.45) is 0. The van der Waals surface area contributed by atoms with Crippen molar-refractivity contribution < 1.29 is 9.47 Å². The molecule has 100 valence electrons. The Morgan fingerprint density at radius 1 is 0.882 bits per heavy atom. The van der Waals surface area contributed by atoms with Crippen molar-refractivity contribution in [1.82, 2.24) is 9.80 Å². The highest BCUT2D eigenvalue weighted by atomic mass is 33.5. The maximum Gasteiger partial charge on any atom is 0.232 e. The third-order valence-corrected chi connectivity index (χ3v) is 5.64. The van der Waals surface area contributed by atoms with Crippen molar-refractivity contribution >= 4 is 64.6 Å². The van der Waals surface area contributed by atoms with E-state index in [0.29, 0.717) is 22.2 Å². The quantitative estimate of drug-likeness (QED) is 0.413. The second-order valence-electron chi connectivity index (χ2n) is 3.44. The number of hydrogen-bond donors (Lipinski definition) is 0. The molecule has 0 heterocycles. The van der Waals surface area contributed by atoms with Gasteiger partial charge in [0, 0.05) is 21.6 Å². The van der Waals surface area contributed by atoms with Crippen molar-refractivity contribution in [3.63, 3.8) is 0 Å². The average molecular weight is 333 g/mol. The molecule has 0 N–H and O–H groups in total. The first-order chi connectivity index (χ1) is 7.91. The van der Waals surface area contributed by atoms with E-state index in [9.17, 15) is 0 Å². The third kappa shape index (κ3) is 13.0. The first-order valence-corrected chi connectivity index (χ1v) is 8.86. The molecule has 0 saturated carbocycles. The van der Waals surface area contributed by atoms with Gasteiger partial charge in [0.15, 0.2) is 0 Å². The molecule has 0 aromatic heterocycles. The molecule has 0 atom stereocenters. The molecule has 0 aromatic rings. The van der Waals surface area contributed by atoms with Crippen LogP contribution >= 0.6 is 55.8 Å². The Bertz CT molecular complexity index is 226. The van der Waals surface area contributed by atoms with E-state index >= 15 is 0 Å². The lowest BCUT2D eigenvalue weighted by molar-refractivity contribution is 0.178. The molecule has 0 aliphatic heterocycles. The van der Waals surface area contributed by atoms with Gasteiger partial charge < -0.3 is 9.47 Å². The topological polar surface area (TPSA) is 24.9 Å². The first-order valence-electron chi connectivity index (χ1n) is 4.56. The number of thiocarbonyl (C=S) groups is 2. The summed E-state index contributed by atoms with van der Waals surface area (Å²) in [4.78, 5) is 3.80. The molecule has 0 unspecified atom stereocenters. The van der Waals surface area contributed by atoms with Crippen LogP contribution in [0.5, 0.6) is 0 Å². The van der Waals surface area contributed by atoms with Crippen molar-refractivity contribution in [2.24, 2.45) is 0 Å². The highest BCUT2D eigenvalue weighted by molar-refractivity contribution is 9.15. The van der Waals surface area contributed by atoms with Crippen LogP contribution in [-0.2, 0) is 9.47 Å². The fraction of sp³-hybridized carbons (Fsp3) is 0.750. The summed E-state index contributed by atoms with van der Waals surface area (Å²) in [6.45, 7) is 0.970. The van der Waals surface area contributed by atoms with Crippen LogP contribution in [0.15, 0.2) is 0 Å². The molecule has 0 aliphatic carbocycles. The van der Waals surface area contributed by atoms with E-state index in [1.165, 1.54) is 31.4 Å². The predicted molar refractivity (Wildman–Crippen MR) is 87.2 cm³/mol. The van der Waals surface area contributed by atoms with Gasteiger partial charge in [-0.1, -0.05) is 0 Å². The van der Waals surface area contributed by atoms with Gasteiger partial charge in [0.05, 0.1) is 0 Å². The zero-order chi connectivity index (χ0) is 13.3. The van der Waals surface area contributed by atoms with Crippen molar-refractivity contribution in [3.05, 3.63) is 0 Å². The Labute approximate surface area is 125 Å². The predicted octanol–water partition coefficient (Wildman–Crippen LogP) is 2.66. The lowest BCUT2D eigenvalue weighted by atomic mass is 10.9. The second-order valence-corrected chi connectivity index (χ2v) is 8.54. The van der Waals surface area contributed by atoms with Crippen LogP contribution in [0.25, 0.3) is 0 Å². The summed E-state index contributed by atoms with van der Waals surface area (Å²) in [5.41, 5.74) is 0. The second kappa shape index (κ2) is 10.7. The molecular weight excluding hydrogens is 316 g/mol. The van der Waals surface area contributed by atoms with Gasteiger partial charge in [-0.25, -0.2) is 0 Å². The number of nitrogens with zero attached hydrogens (tertiary/aromatic N) is 2. The van der Waals surface area contributed by atoms with Gasteiger partial charge in [-0.2, -0.15) is 0 Å². The van der Waals surface area contributed by atoms with Crippen LogP contribution in [0.4, 0.5) is 0 Å². The zero-order valence-electron chi connectivity index (χ0n) is 10.2. The Morgan fingerprint density at radius 2 is 1.24 bits per heavy atom. The van der Waals surface area contributed by atoms with Gasteiger partial charge >= 0.3 is 0 Å². The molecule has 0 fully saturated rings. The summed E-state index contributed by atoms with van der Waals surface area (Å²) >= 11 is 10.0. The fourth-order valence-corrected chi connectivity index (χ4v) is 4.47. The van der Waals surface area contributed by atoms with Crippen LogP contribution in [0.1, 0.15) is 0 Å². The Morgan fingerprint density at radius 3 is 1.53 bits per heavy atom. The number of ether oxygens (including phenoxy) is 2. The molecule has 0 radical (unpaired) electrons. The summed E-state index contributed by atoms with van der Waals surface area (Å²) in [5, 5.41) is 0. The highest BCUT2D eigenvalue weighted by Gasteiger charge is 2.05. The minimum Gasteiger partial charge on any atom is -0.462 e. The molecule has 9 heteroatoms. The van der Waals surface area contributed by atoms with E-state index in [4.69, 9.17) is 33.9 Å². The Kier molecular flexibility index (Phi) is 11.1. The van der Waals surface area contributed by atoms with E-state index in [-0.39, 0.29) is 0 Å². The molecule has 0 amide bonds. The van der Waals surface area contributed by atoms with Crippen molar-refractivity contribution in [3.8, 4) is 0 Å². The Hall–Kier alpha value is 0.750. The van der Waals surface area contributed by atoms with Crippen LogP contribution in [0.2, 0.25) is 0 Å². The van der Waals surface area contributed by atoms with Crippen molar-refractivity contribution in [1.29, 1.82) is 0 Å². The summed E-state index contributed by atoms with van der Waals surface area (Å²) < 4.78 is 11.5. The maximum absolute atomic E-state index is 5.28. The first kappa shape index (κ1) is 17.8. The molecule has 0 spiro atoms. The molecule has 0 aliphatic rings. The summed E-state index contributed by atoms with van der Waals surface area (Å²) in [7, 11) is 11.8. The number of hydrogen-bond acceptors (Lipinski definition) is 9. The monoisotopic (exact) mass is 332 g/mol. The van der Waals surface area contributed by atoms with Crippen LogP contribution in [0.3, 0.4) is 0 Å². The van der Waals surface area contributed by atoms with Crippen molar-refractivity contribution in [2.75, 3.05) is 41.7 Å². The molecular formula is C8H16N2O2S5. The van der Waals surface area contributed by atoms with E-state index < -0.39 is 0 Å². The minimum absolute atomic E-state index is 0.485. The molecule has 4 nitrogen and oxygen atoms in total.